The molecule has 2 aliphatic rings. The van der Waals surface area contributed by atoms with Crippen LogP contribution < -0.4 is 10.2 Å². The van der Waals surface area contributed by atoms with E-state index in [1.807, 2.05) is 0 Å². The number of aryl methyl sites for hydroxylation is 4. The van der Waals surface area contributed by atoms with Gasteiger partial charge in [0.15, 0.2) is 0 Å². The predicted molar refractivity (Wildman–Crippen MR) is 201 cm³/mol. The van der Waals surface area contributed by atoms with Gasteiger partial charge in [-0.2, -0.15) is 0 Å². The number of nitrogens with zero attached hydrogens (tertiary/aromatic N) is 2. The molecule has 271 valence electrons. The molecule has 8 bridgehead atoms. The van der Waals surface area contributed by atoms with Crippen LogP contribution in [0, 0.1) is 0 Å². The summed E-state index contributed by atoms with van der Waals surface area (Å²) < 4.78 is 0. The Morgan fingerprint density at radius 3 is 1.20 bits per heavy atom. The molecule has 5 heterocycles. The molecule has 5 rings (SSSR count). The van der Waals surface area contributed by atoms with Gasteiger partial charge in [0.2, 0.25) is 0 Å². The third-order valence-electron chi connectivity index (χ3n) is 10.1. The van der Waals surface area contributed by atoms with Gasteiger partial charge in [0.25, 0.3) is 0 Å². The minimum absolute atomic E-state index is 0. The number of carbonyl (C=O) groups excluding carboxylic acids is 2. The molecule has 0 saturated carbocycles. The van der Waals surface area contributed by atoms with Gasteiger partial charge in [-0.25, -0.2) is 9.97 Å². The number of aromatic nitrogens is 4. The van der Waals surface area contributed by atoms with Gasteiger partial charge in [0.05, 0.1) is 45.7 Å². The van der Waals surface area contributed by atoms with Crippen LogP contribution in [0.1, 0.15) is 137 Å². The van der Waals surface area contributed by atoms with Crippen LogP contribution in [0.2, 0.25) is 0 Å². The molecule has 51 heavy (non-hydrogen) atoms. The zero-order valence-electron chi connectivity index (χ0n) is 30.9. The summed E-state index contributed by atoms with van der Waals surface area (Å²) in [6.07, 6.45) is 11.3. The number of fused-ring (bicyclic) bond motifs is 8. The Kier molecular flexibility index (Phi) is 12.9. The number of hydrogen-bond donors (Lipinski definition) is 2. The molecule has 0 aromatic carbocycles. The average molecular weight is 736 g/mol. The van der Waals surface area contributed by atoms with Crippen molar-refractivity contribution in [2.75, 3.05) is 0 Å². The maximum absolute atomic E-state index is 11.9. The summed E-state index contributed by atoms with van der Waals surface area (Å²) in [5.74, 6) is -2.54. The number of rotatable bonds is 12. The van der Waals surface area contributed by atoms with Gasteiger partial charge in [0, 0.05) is 22.2 Å². The molecule has 3 aromatic rings. The van der Waals surface area contributed by atoms with Crippen LogP contribution in [-0.2, 0) is 52.3 Å². The molecule has 0 amide bonds. The standard InChI is InChI=1S/C42H50N4O4.Cu/c1-9-23-27(13-5)39-31(17-19-37(47)48)40-29(15-7)25(11-3)35(45-40)22-36-26(12-4)30(16-8)42(46-36)32(18-20-38(49)50)41-28(14-6)24(10-2)34(44-41)21-33(23)43-39;/h17-22,43-44H,9-16H2,1-8H3,(H,47,48)(H,49,50);/q;+2/p-2/b19-17+,20-18+,33-21?,34-21?,35-22?,36-22?,39-31?,40-31?,41-32?,42-32?;. The third-order valence-corrected chi connectivity index (χ3v) is 10.1. The Hall–Kier alpha value is -4.46. The maximum atomic E-state index is 11.9. The van der Waals surface area contributed by atoms with Gasteiger partial charge >= 0.3 is 17.1 Å². The summed E-state index contributed by atoms with van der Waals surface area (Å²) in [5.41, 5.74) is 17.0. The minimum Gasteiger partial charge on any atom is -0.545 e. The minimum atomic E-state index is -1.27. The second kappa shape index (κ2) is 16.7. The number of nitrogens with one attached hydrogen (secondary N) is 2. The van der Waals surface area contributed by atoms with Crippen LogP contribution >= 0.6 is 0 Å². The van der Waals surface area contributed by atoms with E-state index in [9.17, 15) is 19.8 Å². The van der Waals surface area contributed by atoms with Crippen molar-refractivity contribution in [2.45, 2.75) is 107 Å². The number of hydrogen-bond acceptors (Lipinski definition) is 6. The number of carboxylic acid groups (broad SMARTS) is 2. The van der Waals surface area contributed by atoms with Crippen LogP contribution in [0.25, 0.3) is 56.5 Å². The predicted octanol–water partition coefficient (Wildman–Crippen LogP) is 7.55. The van der Waals surface area contributed by atoms with Gasteiger partial charge in [0.1, 0.15) is 0 Å². The third kappa shape index (κ3) is 7.19. The summed E-state index contributed by atoms with van der Waals surface area (Å²) in [4.78, 5) is 41.7. The molecular formula is C42H48CuN4O4. The topological polar surface area (TPSA) is 138 Å². The summed E-state index contributed by atoms with van der Waals surface area (Å²) in [6.45, 7) is 16.9. The van der Waals surface area contributed by atoms with E-state index in [4.69, 9.17) is 9.97 Å². The number of aromatic amines is 2. The molecule has 2 N–H and O–H groups in total. The zero-order chi connectivity index (χ0) is 36.3. The van der Waals surface area contributed by atoms with Crippen molar-refractivity contribution in [1.82, 2.24) is 19.9 Å². The van der Waals surface area contributed by atoms with E-state index in [0.29, 0.717) is 12.8 Å². The van der Waals surface area contributed by atoms with Crippen LogP contribution in [-0.4, -0.2) is 31.9 Å². The summed E-state index contributed by atoms with van der Waals surface area (Å²) in [7, 11) is 0. The van der Waals surface area contributed by atoms with E-state index >= 15 is 0 Å². The van der Waals surface area contributed by atoms with Crippen molar-refractivity contribution in [3.8, 4) is 0 Å². The molecule has 0 atom stereocenters. The van der Waals surface area contributed by atoms with Gasteiger partial charge in [-0.15, -0.1) is 0 Å². The first-order valence-electron chi connectivity index (χ1n) is 18.2. The molecule has 2 aliphatic heterocycles. The van der Waals surface area contributed by atoms with Gasteiger partial charge in [-0.05, 0) is 132 Å². The fourth-order valence-electron chi connectivity index (χ4n) is 7.97. The van der Waals surface area contributed by atoms with Crippen LogP contribution in [0.4, 0.5) is 0 Å². The summed E-state index contributed by atoms with van der Waals surface area (Å²) in [6, 6.07) is 4.20. The Morgan fingerprint density at radius 2 is 0.902 bits per heavy atom. The number of allylic oxidation sites excluding steroid dienone is 4. The Bertz CT molecular complexity index is 2010. The van der Waals surface area contributed by atoms with Crippen molar-refractivity contribution >= 4 is 68.4 Å². The quantitative estimate of drug-likeness (QED) is 0.146. The molecule has 3 aromatic heterocycles. The first-order chi connectivity index (χ1) is 24.1. The molecule has 9 heteroatoms. The van der Waals surface area contributed by atoms with Crippen LogP contribution in [0.15, 0.2) is 24.3 Å². The number of carboxylic acids is 2. The van der Waals surface area contributed by atoms with Gasteiger partial charge in [-0.3, -0.25) is 0 Å². The van der Waals surface area contributed by atoms with E-state index in [2.05, 4.69) is 77.5 Å². The monoisotopic (exact) mass is 735 g/mol. The fraction of sp³-hybridized carbons (Fsp3) is 0.381. The van der Waals surface area contributed by atoms with Crippen molar-refractivity contribution in [1.29, 1.82) is 0 Å². The van der Waals surface area contributed by atoms with E-state index in [1.54, 1.807) is 12.2 Å². The largest absolute Gasteiger partial charge is 2.00 e. The van der Waals surface area contributed by atoms with Crippen molar-refractivity contribution in [3.63, 3.8) is 0 Å². The molecule has 0 saturated heterocycles. The Labute approximate surface area is 311 Å². The Balaban J connectivity index is 0.00000583. The first kappa shape index (κ1) is 39.3. The molecule has 0 aliphatic carbocycles. The van der Waals surface area contributed by atoms with Crippen molar-refractivity contribution in [3.05, 3.63) is 80.4 Å². The second-order valence-electron chi connectivity index (χ2n) is 12.6. The fourth-order valence-corrected chi connectivity index (χ4v) is 7.97. The van der Waals surface area contributed by atoms with E-state index in [1.165, 1.54) is 0 Å². The molecule has 0 unspecified atom stereocenters. The van der Waals surface area contributed by atoms with Crippen molar-refractivity contribution in [2.24, 2.45) is 0 Å². The molecule has 0 fully saturated rings. The van der Waals surface area contributed by atoms with Crippen LogP contribution in [0.5, 0.6) is 0 Å². The molecule has 1 radical (unpaired) electrons. The van der Waals surface area contributed by atoms with Crippen molar-refractivity contribution < 1.29 is 36.9 Å². The summed E-state index contributed by atoms with van der Waals surface area (Å²) >= 11 is 0. The number of carbonyl (C=O) groups is 2. The Morgan fingerprint density at radius 1 is 0.549 bits per heavy atom. The molecule has 8 nitrogen and oxygen atoms in total. The van der Waals surface area contributed by atoms with Gasteiger partial charge in [-0.1, -0.05) is 55.4 Å². The van der Waals surface area contributed by atoms with E-state index in [-0.39, 0.29) is 17.1 Å². The normalized spacial score (nSPS) is 13.2. The average Bonchev–Trinajstić information content (AvgIpc) is 3.84. The van der Waals surface area contributed by atoms with E-state index in [0.717, 1.165) is 151 Å². The SMILES string of the molecule is CCC1=C(CC)c2nc1cc1nc(c(/C=C/C(=O)[O-])c3[nH]c(cc4[nH]c(c2/C=C/C(=O)[O-])c(CC)c4CC)c(CC)c3CC)C(CC)=C1CC.[Cu+2]. The molecular weight excluding hydrogens is 688 g/mol. The van der Waals surface area contributed by atoms with Gasteiger partial charge < -0.3 is 29.8 Å². The number of H-pyrrole nitrogens is 2. The number of aliphatic carboxylic acids is 2. The first-order valence-corrected chi connectivity index (χ1v) is 18.2. The second-order valence-corrected chi connectivity index (χ2v) is 12.6. The maximum Gasteiger partial charge on any atom is 2.00 e. The van der Waals surface area contributed by atoms with E-state index < -0.39 is 11.9 Å². The molecule has 0 spiro atoms. The summed E-state index contributed by atoms with van der Waals surface area (Å²) in [5, 5.41) is 23.7. The zero-order valence-corrected chi connectivity index (χ0v) is 31.9. The van der Waals surface area contributed by atoms with Crippen LogP contribution in [0.3, 0.4) is 0 Å². The smallest absolute Gasteiger partial charge is 0.545 e.